The third-order valence-corrected chi connectivity index (χ3v) is 4.75. The van der Waals surface area contributed by atoms with Gasteiger partial charge in [-0.05, 0) is 12.0 Å². The van der Waals surface area contributed by atoms with Gasteiger partial charge in [-0.3, -0.25) is 14.8 Å². The van der Waals surface area contributed by atoms with Gasteiger partial charge in [0.25, 0.3) is 10.1 Å². The minimum absolute atomic E-state index is 0.0469. The number of nitrogens with one attached hydrogen (secondary N) is 1. The van der Waals surface area contributed by atoms with Crippen LogP contribution in [-0.2, 0) is 21.3 Å². The number of benzene rings is 1. The standard InChI is InChI=1S/C13H17N3O4S/c14-13(15)11-7-10(21(18,19)20)8-16(11)12(17)6-9-4-2-1-3-5-9/h1-5,10-11H,6-8H2,(H3,14,15)(H,18,19,20)/t10-,11-/m0/s1. The molecule has 8 heteroatoms. The summed E-state index contributed by atoms with van der Waals surface area (Å²) >= 11 is 0. The topological polar surface area (TPSA) is 125 Å². The summed E-state index contributed by atoms with van der Waals surface area (Å²) in [5.74, 6) is -0.588. The van der Waals surface area contributed by atoms with Gasteiger partial charge in [0.05, 0.1) is 12.5 Å². The normalized spacial score (nSPS) is 22.2. The molecule has 7 nitrogen and oxygen atoms in total. The van der Waals surface area contributed by atoms with Crippen LogP contribution in [0.2, 0.25) is 0 Å². The molecule has 1 amide bonds. The van der Waals surface area contributed by atoms with Crippen LogP contribution in [0.5, 0.6) is 0 Å². The van der Waals surface area contributed by atoms with Gasteiger partial charge in [-0.2, -0.15) is 8.42 Å². The minimum atomic E-state index is -4.25. The molecule has 0 saturated carbocycles. The molecule has 2 atom stereocenters. The van der Waals surface area contributed by atoms with E-state index in [4.69, 9.17) is 15.7 Å². The SMILES string of the molecule is N=C(N)[C@@H]1C[C@H](S(=O)(=O)O)CN1C(=O)Cc1ccccc1. The maximum atomic E-state index is 12.3. The van der Waals surface area contributed by atoms with Crippen molar-refractivity contribution in [3.63, 3.8) is 0 Å². The number of rotatable bonds is 4. The van der Waals surface area contributed by atoms with Gasteiger partial charge in [-0.15, -0.1) is 0 Å². The zero-order valence-corrected chi connectivity index (χ0v) is 12.1. The second kappa shape index (κ2) is 5.82. The average molecular weight is 311 g/mol. The summed E-state index contributed by atoms with van der Waals surface area (Å²) in [5, 5.41) is 6.41. The molecule has 1 fully saturated rings. The molecule has 1 aliphatic rings. The van der Waals surface area contributed by atoms with Crippen molar-refractivity contribution in [2.45, 2.75) is 24.1 Å². The van der Waals surface area contributed by atoms with E-state index in [9.17, 15) is 13.2 Å². The van der Waals surface area contributed by atoms with Gasteiger partial charge >= 0.3 is 0 Å². The lowest BCUT2D eigenvalue weighted by molar-refractivity contribution is -0.130. The van der Waals surface area contributed by atoms with Crippen LogP contribution in [0.3, 0.4) is 0 Å². The molecule has 0 aromatic heterocycles. The van der Waals surface area contributed by atoms with Gasteiger partial charge in [0, 0.05) is 6.54 Å². The molecule has 0 spiro atoms. The molecule has 21 heavy (non-hydrogen) atoms. The number of nitrogens with two attached hydrogens (primary N) is 1. The van der Waals surface area contributed by atoms with Crippen LogP contribution < -0.4 is 5.73 Å². The van der Waals surface area contributed by atoms with Crippen LogP contribution in [0.1, 0.15) is 12.0 Å². The van der Waals surface area contributed by atoms with Crippen molar-refractivity contribution in [3.05, 3.63) is 35.9 Å². The van der Waals surface area contributed by atoms with E-state index in [0.29, 0.717) is 0 Å². The summed E-state index contributed by atoms with van der Waals surface area (Å²) in [7, 11) is -4.25. The summed E-state index contributed by atoms with van der Waals surface area (Å²) in [6.45, 7) is -0.144. The Bertz CT molecular complexity index is 645. The number of amides is 1. The lowest BCUT2D eigenvalue weighted by Gasteiger charge is -2.23. The van der Waals surface area contributed by atoms with Crippen molar-refractivity contribution in [2.75, 3.05) is 6.54 Å². The molecule has 1 aromatic carbocycles. The van der Waals surface area contributed by atoms with Crippen LogP contribution in [-0.4, -0.2) is 47.4 Å². The number of nitrogens with zero attached hydrogens (tertiary/aromatic N) is 1. The summed E-state index contributed by atoms with van der Waals surface area (Å²) in [6.07, 6.45) is 0.0531. The van der Waals surface area contributed by atoms with E-state index >= 15 is 0 Å². The van der Waals surface area contributed by atoms with Crippen LogP contribution in [0.25, 0.3) is 0 Å². The molecule has 0 radical (unpaired) electrons. The van der Waals surface area contributed by atoms with E-state index in [1.807, 2.05) is 6.07 Å². The minimum Gasteiger partial charge on any atom is -0.386 e. The highest BCUT2D eigenvalue weighted by Crippen LogP contribution is 2.23. The Morgan fingerprint density at radius 1 is 1.38 bits per heavy atom. The van der Waals surface area contributed by atoms with Crippen molar-refractivity contribution in [1.29, 1.82) is 5.41 Å². The predicted molar refractivity (Wildman–Crippen MR) is 77.5 cm³/mol. The fraction of sp³-hybridized carbons (Fsp3) is 0.385. The van der Waals surface area contributed by atoms with Crippen molar-refractivity contribution >= 4 is 21.9 Å². The fourth-order valence-electron chi connectivity index (χ4n) is 2.46. The number of amidine groups is 1. The quantitative estimate of drug-likeness (QED) is 0.411. The lowest BCUT2D eigenvalue weighted by Crippen LogP contribution is -2.44. The van der Waals surface area contributed by atoms with Crippen molar-refractivity contribution in [1.82, 2.24) is 4.90 Å². The molecule has 2 rings (SSSR count). The fourth-order valence-corrected chi connectivity index (χ4v) is 3.23. The first-order valence-corrected chi connectivity index (χ1v) is 7.93. The van der Waals surface area contributed by atoms with Crippen LogP contribution in [0.4, 0.5) is 0 Å². The largest absolute Gasteiger partial charge is 0.386 e. The Morgan fingerprint density at radius 3 is 2.52 bits per heavy atom. The molecular weight excluding hydrogens is 294 g/mol. The molecule has 0 unspecified atom stereocenters. The van der Waals surface area contributed by atoms with Crippen LogP contribution >= 0.6 is 0 Å². The number of hydrogen-bond acceptors (Lipinski definition) is 4. The number of carbonyl (C=O) groups is 1. The number of carbonyl (C=O) groups excluding carboxylic acids is 1. The Kier molecular flexibility index (Phi) is 4.29. The lowest BCUT2D eigenvalue weighted by atomic mass is 10.1. The Labute approximate surface area is 123 Å². The highest BCUT2D eigenvalue weighted by Gasteiger charge is 2.42. The van der Waals surface area contributed by atoms with Gasteiger partial charge in [0.1, 0.15) is 11.1 Å². The molecule has 4 N–H and O–H groups in total. The van der Waals surface area contributed by atoms with E-state index in [0.717, 1.165) is 5.56 Å². The molecule has 0 aliphatic carbocycles. The van der Waals surface area contributed by atoms with Gasteiger partial charge in [0.15, 0.2) is 0 Å². The second-order valence-electron chi connectivity index (χ2n) is 5.05. The number of likely N-dealkylation sites (tertiary alicyclic amines) is 1. The first kappa shape index (κ1) is 15.5. The molecule has 1 aliphatic heterocycles. The maximum Gasteiger partial charge on any atom is 0.269 e. The number of hydrogen-bond donors (Lipinski definition) is 3. The highest BCUT2D eigenvalue weighted by molar-refractivity contribution is 7.86. The van der Waals surface area contributed by atoms with E-state index in [1.54, 1.807) is 24.3 Å². The Balaban J connectivity index is 2.16. The Morgan fingerprint density at radius 2 is 2.00 bits per heavy atom. The molecule has 114 valence electrons. The summed E-state index contributed by atoms with van der Waals surface area (Å²) in [4.78, 5) is 13.6. The van der Waals surface area contributed by atoms with Gasteiger partial charge in [-0.25, -0.2) is 0 Å². The summed E-state index contributed by atoms with van der Waals surface area (Å²) in [5.41, 5.74) is 6.23. The van der Waals surface area contributed by atoms with Gasteiger partial charge in [0.2, 0.25) is 5.91 Å². The summed E-state index contributed by atoms with van der Waals surface area (Å²) < 4.78 is 31.6. The van der Waals surface area contributed by atoms with Crippen molar-refractivity contribution < 1.29 is 17.8 Å². The predicted octanol–water partition coefficient (Wildman–Crippen LogP) is 0.0224. The molecular formula is C13H17N3O4S. The van der Waals surface area contributed by atoms with Gasteiger partial charge < -0.3 is 10.6 Å². The monoisotopic (exact) mass is 311 g/mol. The van der Waals surface area contributed by atoms with Crippen molar-refractivity contribution in [2.24, 2.45) is 5.73 Å². The zero-order valence-electron chi connectivity index (χ0n) is 11.3. The second-order valence-corrected chi connectivity index (χ2v) is 6.75. The average Bonchev–Trinajstić information content (AvgIpc) is 2.85. The van der Waals surface area contributed by atoms with Crippen LogP contribution in [0, 0.1) is 5.41 Å². The van der Waals surface area contributed by atoms with E-state index in [2.05, 4.69) is 0 Å². The highest BCUT2D eigenvalue weighted by atomic mass is 32.2. The first-order valence-electron chi connectivity index (χ1n) is 6.42. The third-order valence-electron chi connectivity index (χ3n) is 3.56. The van der Waals surface area contributed by atoms with Gasteiger partial charge in [-0.1, -0.05) is 30.3 Å². The summed E-state index contributed by atoms with van der Waals surface area (Å²) in [6, 6.07) is 8.23. The van der Waals surface area contributed by atoms with E-state index < -0.39 is 21.4 Å². The van der Waals surface area contributed by atoms with E-state index in [-0.39, 0.29) is 31.1 Å². The first-order chi connectivity index (χ1) is 9.79. The smallest absolute Gasteiger partial charge is 0.269 e. The molecule has 0 bridgehead atoms. The molecule has 1 heterocycles. The van der Waals surface area contributed by atoms with E-state index in [1.165, 1.54) is 4.90 Å². The Hall–Kier alpha value is -1.93. The van der Waals surface area contributed by atoms with Crippen molar-refractivity contribution in [3.8, 4) is 0 Å². The maximum absolute atomic E-state index is 12.3. The molecule has 1 aromatic rings. The molecule has 1 saturated heterocycles. The van der Waals surface area contributed by atoms with Crippen LogP contribution in [0.15, 0.2) is 30.3 Å². The third kappa shape index (κ3) is 3.59. The zero-order chi connectivity index (χ0) is 15.6.